The van der Waals surface area contributed by atoms with Gasteiger partial charge in [-0.05, 0) is 31.9 Å². The number of hydrogen-bond donors (Lipinski definition) is 0. The Labute approximate surface area is 154 Å². The number of likely N-dealkylation sites (N-methyl/N-ethyl adjacent to an activating group) is 1. The molecule has 2 atom stereocenters. The van der Waals surface area contributed by atoms with Gasteiger partial charge in [-0.25, -0.2) is 9.97 Å². The predicted octanol–water partition coefficient (Wildman–Crippen LogP) is 2.92. The van der Waals surface area contributed by atoms with Gasteiger partial charge in [-0.15, -0.1) is 0 Å². The highest BCUT2D eigenvalue weighted by Gasteiger charge is 2.34. The smallest absolute Gasteiger partial charge is 0.234 e. The van der Waals surface area contributed by atoms with E-state index < -0.39 is 0 Å². The van der Waals surface area contributed by atoms with Crippen LogP contribution in [0.5, 0.6) is 0 Å². The van der Waals surface area contributed by atoms with E-state index in [1.54, 1.807) is 0 Å². The van der Waals surface area contributed by atoms with Crippen LogP contribution in [0.3, 0.4) is 0 Å². The Kier molecular flexibility index (Phi) is 3.98. The SMILES string of the molecule is CN1C[C@H]2CC[C@@H](C1)N(Cc1c(-c3ccccc3)nc3ncccn13)C2. The molecule has 3 aliphatic heterocycles. The van der Waals surface area contributed by atoms with Gasteiger partial charge in [0.25, 0.3) is 0 Å². The van der Waals surface area contributed by atoms with Gasteiger partial charge < -0.3 is 4.90 Å². The average molecular weight is 347 g/mol. The number of fused-ring (bicyclic) bond motifs is 5. The van der Waals surface area contributed by atoms with Crippen LogP contribution >= 0.6 is 0 Å². The Hall–Kier alpha value is -2.24. The normalized spacial score (nSPS) is 24.2. The summed E-state index contributed by atoms with van der Waals surface area (Å²) in [5.74, 6) is 1.58. The number of nitrogens with zero attached hydrogens (tertiary/aromatic N) is 5. The molecule has 0 aliphatic carbocycles. The summed E-state index contributed by atoms with van der Waals surface area (Å²) >= 11 is 0. The first-order valence-electron chi connectivity index (χ1n) is 9.58. The van der Waals surface area contributed by atoms with Crippen molar-refractivity contribution in [3.05, 3.63) is 54.5 Å². The third kappa shape index (κ3) is 2.81. The fraction of sp³-hybridized carbons (Fsp3) is 0.429. The van der Waals surface area contributed by atoms with Gasteiger partial charge in [0, 0.05) is 50.2 Å². The molecule has 3 fully saturated rings. The van der Waals surface area contributed by atoms with E-state index in [2.05, 4.69) is 62.8 Å². The second-order valence-electron chi connectivity index (χ2n) is 7.81. The molecular weight excluding hydrogens is 322 g/mol. The van der Waals surface area contributed by atoms with E-state index in [9.17, 15) is 0 Å². The lowest BCUT2D eigenvalue weighted by Crippen LogP contribution is -2.43. The summed E-state index contributed by atoms with van der Waals surface area (Å²) in [5, 5.41) is 0. The summed E-state index contributed by atoms with van der Waals surface area (Å²) in [6, 6.07) is 13.2. The Bertz CT molecular complexity index is 903. The molecular formula is C21H25N5. The fourth-order valence-corrected chi connectivity index (χ4v) is 4.71. The zero-order valence-corrected chi connectivity index (χ0v) is 15.3. The van der Waals surface area contributed by atoms with Crippen molar-refractivity contribution in [1.29, 1.82) is 0 Å². The number of aromatic nitrogens is 3. The third-order valence-electron chi connectivity index (χ3n) is 5.91. The second kappa shape index (κ2) is 6.49. The minimum atomic E-state index is 0.643. The molecule has 5 heterocycles. The lowest BCUT2D eigenvalue weighted by Gasteiger charge is -2.36. The first kappa shape index (κ1) is 16.0. The van der Waals surface area contributed by atoms with E-state index >= 15 is 0 Å². The largest absolute Gasteiger partial charge is 0.304 e. The molecule has 3 aliphatic rings. The number of hydrogen-bond acceptors (Lipinski definition) is 4. The molecule has 134 valence electrons. The minimum Gasteiger partial charge on any atom is -0.304 e. The van der Waals surface area contributed by atoms with Crippen LogP contribution in [0.15, 0.2) is 48.8 Å². The summed E-state index contributed by atoms with van der Waals surface area (Å²) < 4.78 is 2.17. The predicted molar refractivity (Wildman–Crippen MR) is 103 cm³/mol. The Morgan fingerprint density at radius 3 is 2.81 bits per heavy atom. The molecule has 0 radical (unpaired) electrons. The van der Waals surface area contributed by atoms with Crippen LogP contribution in [-0.2, 0) is 6.54 Å². The maximum absolute atomic E-state index is 4.86. The van der Waals surface area contributed by atoms with E-state index in [1.165, 1.54) is 43.7 Å². The van der Waals surface area contributed by atoms with Gasteiger partial charge in [-0.2, -0.15) is 0 Å². The monoisotopic (exact) mass is 347 g/mol. The molecule has 0 unspecified atom stereocenters. The fourth-order valence-electron chi connectivity index (χ4n) is 4.71. The van der Waals surface area contributed by atoms with Crippen molar-refractivity contribution in [2.24, 2.45) is 5.92 Å². The van der Waals surface area contributed by atoms with Gasteiger partial charge in [0.05, 0.1) is 11.4 Å². The summed E-state index contributed by atoms with van der Waals surface area (Å²) in [5.41, 5.74) is 3.50. The summed E-state index contributed by atoms with van der Waals surface area (Å²) in [4.78, 5) is 14.5. The highest BCUT2D eigenvalue weighted by atomic mass is 15.3. The zero-order chi connectivity index (χ0) is 17.5. The molecule has 5 heteroatoms. The molecule has 3 saturated heterocycles. The highest BCUT2D eigenvalue weighted by molar-refractivity contribution is 5.65. The van der Waals surface area contributed by atoms with Gasteiger partial charge in [-0.3, -0.25) is 9.30 Å². The molecule has 0 N–H and O–H groups in total. The number of piperidine rings is 1. The van der Waals surface area contributed by atoms with Crippen molar-refractivity contribution in [2.45, 2.75) is 25.4 Å². The summed E-state index contributed by atoms with van der Waals surface area (Å²) in [6.45, 7) is 4.53. The van der Waals surface area contributed by atoms with Gasteiger partial charge in [0.2, 0.25) is 5.78 Å². The average Bonchev–Trinajstić information content (AvgIpc) is 2.82. The lowest BCUT2D eigenvalue weighted by atomic mass is 9.94. The number of imidazole rings is 1. The topological polar surface area (TPSA) is 36.7 Å². The van der Waals surface area contributed by atoms with Crippen LogP contribution in [0.2, 0.25) is 0 Å². The molecule has 0 amide bonds. The van der Waals surface area contributed by atoms with Gasteiger partial charge in [-0.1, -0.05) is 30.3 Å². The third-order valence-corrected chi connectivity index (χ3v) is 5.91. The van der Waals surface area contributed by atoms with Crippen LogP contribution in [-0.4, -0.2) is 56.9 Å². The standard InChI is InChI=1S/C21H25N5/c1-24-12-16-8-9-18(14-24)25(13-16)15-19-20(17-6-3-2-4-7-17)23-21-22-10-5-11-26(19)21/h2-7,10-11,16,18H,8-9,12-15H2,1H3/t16-,18+/m1/s1. The van der Waals surface area contributed by atoms with Crippen molar-refractivity contribution in [3.63, 3.8) is 0 Å². The van der Waals surface area contributed by atoms with Gasteiger partial charge >= 0.3 is 0 Å². The van der Waals surface area contributed by atoms with Crippen molar-refractivity contribution in [1.82, 2.24) is 24.2 Å². The van der Waals surface area contributed by atoms with Crippen molar-refractivity contribution < 1.29 is 0 Å². The molecule has 2 bridgehead atoms. The van der Waals surface area contributed by atoms with E-state index in [4.69, 9.17) is 4.98 Å². The van der Waals surface area contributed by atoms with Crippen LogP contribution < -0.4 is 0 Å². The highest BCUT2D eigenvalue weighted by Crippen LogP contribution is 2.31. The molecule has 3 aromatic rings. The van der Waals surface area contributed by atoms with Crippen LogP contribution in [0.1, 0.15) is 18.5 Å². The van der Waals surface area contributed by atoms with E-state index in [1.807, 2.05) is 12.3 Å². The maximum atomic E-state index is 4.86. The Balaban J connectivity index is 1.56. The number of benzene rings is 1. The van der Waals surface area contributed by atoms with E-state index in [0.717, 1.165) is 23.9 Å². The molecule has 26 heavy (non-hydrogen) atoms. The quantitative estimate of drug-likeness (QED) is 0.730. The molecule has 2 aromatic heterocycles. The Morgan fingerprint density at radius 1 is 1.04 bits per heavy atom. The van der Waals surface area contributed by atoms with Crippen molar-refractivity contribution >= 4 is 5.78 Å². The van der Waals surface area contributed by atoms with Gasteiger partial charge in [0.1, 0.15) is 0 Å². The van der Waals surface area contributed by atoms with Crippen molar-refractivity contribution in [3.8, 4) is 11.3 Å². The molecule has 0 saturated carbocycles. The molecule has 0 spiro atoms. The van der Waals surface area contributed by atoms with E-state index in [-0.39, 0.29) is 0 Å². The van der Waals surface area contributed by atoms with Gasteiger partial charge in [0.15, 0.2) is 0 Å². The second-order valence-corrected chi connectivity index (χ2v) is 7.81. The Morgan fingerprint density at radius 2 is 1.92 bits per heavy atom. The molecule has 5 nitrogen and oxygen atoms in total. The lowest BCUT2D eigenvalue weighted by molar-refractivity contribution is 0.122. The summed E-state index contributed by atoms with van der Waals surface area (Å²) in [6.07, 6.45) is 6.60. The first-order valence-corrected chi connectivity index (χ1v) is 9.58. The van der Waals surface area contributed by atoms with Crippen LogP contribution in [0, 0.1) is 5.92 Å². The first-order chi connectivity index (χ1) is 12.8. The summed E-state index contributed by atoms with van der Waals surface area (Å²) in [7, 11) is 2.27. The molecule has 1 aromatic carbocycles. The maximum Gasteiger partial charge on any atom is 0.234 e. The van der Waals surface area contributed by atoms with Crippen LogP contribution in [0.25, 0.3) is 17.0 Å². The minimum absolute atomic E-state index is 0.643. The molecule has 6 rings (SSSR count). The van der Waals surface area contributed by atoms with Crippen LogP contribution in [0.4, 0.5) is 0 Å². The van der Waals surface area contributed by atoms with Crippen molar-refractivity contribution in [2.75, 3.05) is 26.7 Å². The zero-order valence-electron chi connectivity index (χ0n) is 15.3. The number of rotatable bonds is 3. The van der Waals surface area contributed by atoms with E-state index in [0.29, 0.717) is 6.04 Å².